The van der Waals surface area contributed by atoms with Crippen LogP contribution in [0, 0.1) is 0 Å². The molecule has 2 N–H and O–H groups in total. The zero-order chi connectivity index (χ0) is 20.3. The van der Waals surface area contributed by atoms with Crippen LogP contribution in [0.5, 0.6) is 0 Å². The molecule has 5 nitrogen and oxygen atoms in total. The smallest absolute Gasteiger partial charge is 0.319 e. The van der Waals surface area contributed by atoms with Gasteiger partial charge >= 0.3 is 6.03 Å². The number of urea groups is 1. The van der Waals surface area contributed by atoms with Crippen molar-refractivity contribution in [1.82, 2.24) is 10.2 Å². The summed E-state index contributed by atoms with van der Waals surface area (Å²) in [5, 5.41) is 6.30. The van der Waals surface area contributed by atoms with Gasteiger partial charge in [0, 0.05) is 23.7 Å². The molecule has 5 heteroatoms. The molecule has 0 saturated carbocycles. The van der Waals surface area contributed by atoms with E-state index >= 15 is 0 Å². The minimum atomic E-state index is -0.123. The van der Waals surface area contributed by atoms with Crippen LogP contribution in [-0.4, -0.2) is 29.1 Å². The third-order valence-electron chi connectivity index (χ3n) is 6.40. The van der Waals surface area contributed by atoms with Gasteiger partial charge in [-0.3, -0.25) is 4.90 Å². The second-order valence-corrected chi connectivity index (χ2v) is 8.32. The third-order valence-corrected chi connectivity index (χ3v) is 6.40. The summed E-state index contributed by atoms with van der Waals surface area (Å²) >= 11 is 0. The third kappa shape index (κ3) is 3.98. The van der Waals surface area contributed by atoms with Crippen molar-refractivity contribution < 1.29 is 9.21 Å². The van der Waals surface area contributed by atoms with Gasteiger partial charge in [-0.25, -0.2) is 4.79 Å². The fraction of sp³-hybridized carbons (Fsp3) is 0.320. The maximum absolute atomic E-state index is 12.8. The molecule has 2 fully saturated rings. The number of hydrogen-bond donors (Lipinski definition) is 2. The molecule has 0 radical (unpaired) electrons. The van der Waals surface area contributed by atoms with Crippen LogP contribution >= 0.6 is 0 Å². The van der Waals surface area contributed by atoms with Crippen LogP contribution in [0.15, 0.2) is 77.4 Å². The number of rotatable bonds is 5. The number of carbonyl (C=O) groups is 1. The Kier molecular flexibility index (Phi) is 5.28. The molecule has 2 amide bonds. The highest BCUT2D eigenvalue weighted by Gasteiger charge is 2.41. The summed E-state index contributed by atoms with van der Waals surface area (Å²) in [5.74, 6) is 1.02. The Morgan fingerprint density at radius 3 is 2.40 bits per heavy atom. The van der Waals surface area contributed by atoms with Gasteiger partial charge in [-0.05, 0) is 49.4 Å². The molecule has 3 heterocycles. The quantitative estimate of drug-likeness (QED) is 0.613. The van der Waals surface area contributed by atoms with Gasteiger partial charge in [-0.1, -0.05) is 48.5 Å². The summed E-state index contributed by atoms with van der Waals surface area (Å²) in [6.07, 6.45) is 6.11. The molecular formula is C25H27N3O2. The molecule has 0 aliphatic carbocycles. The minimum absolute atomic E-state index is 0.123. The number of fused-ring (bicyclic) bond motifs is 2. The maximum Gasteiger partial charge on any atom is 0.319 e. The van der Waals surface area contributed by atoms with Gasteiger partial charge in [0.2, 0.25) is 0 Å². The van der Waals surface area contributed by atoms with Crippen molar-refractivity contribution in [3.8, 4) is 11.1 Å². The lowest BCUT2D eigenvalue weighted by atomic mass is 9.97. The van der Waals surface area contributed by atoms with Gasteiger partial charge < -0.3 is 15.1 Å². The van der Waals surface area contributed by atoms with E-state index in [0.717, 1.165) is 42.0 Å². The van der Waals surface area contributed by atoms with E-state index in [2.05, 4.69) is 27.7 Å². The Hall–Kier alpha value is -3.05. The number of carbonyl (C=O) groups excluding carboxylic acids is 1. The Bertz CT molecular complexity index is 973. The number of amides is 2. The number of nitrogens with zero attached hydrogens (tertiary/aromatic N) is 1. The first-order valence-corrected chi connectivity index (χ1v) is 10.8. The average molecular weight is 402 g/mol. The number of para-hydroxylation sites is 1. The molecule has 30 heavy (non-hydrogen) atoms. The van der Waals surface area contributed by atoms with Crippen LogP contribution in [0.2, 0.25) is 0 Å². The fourth-order valence-electron chi connectivity index (χ4n) is 5.04. The van der Waals surface area contributed by atoms with Gasteiger partial charge in [0.05, 0.1) is 18.5 Å². The van der Waals surface area contributed by atoms with Crippen molar-refractivity contribution in [2.75, 3.05) is 5.32 Å². The highest BCUT2D eigenvalue weighted by molar-refractivity contribution is 5.94. The van der Waals surface area contributed by atoms with E-state index in [0.29, 0.717) is 12.1 Å². The number of furan rings is 1. The number of nitrogens with one attached hydrogen (secondary N) is 2. The van der Waals surface area contributed by atoms with Gasteiger partial charge in [0.1, 0.15) is 5.76 Å². The summed E-state index contributed by atoms with van der Waals surface area (Å²) in [5.41, 5.74) is 2.96. The SMILES string of the molecule is O=C(Nc1ccccc1-c1ccccc1)NC1C[C@@H]2CC[C@@H](C1)N2Cc1ccco1. The highest BCUT2D eigenvalue weighted by atomic mass is 16.3. The van der Waals surface area contributed by atoms with E-state index in [1.165, 1.54) is 12.8 Å². The van der Waals surface area contributed by atoms with Crippen LogP contribution in [0.25, 0.3) is 11.1 Å². The summed E-state index contributed by atoms with van der Waals surface area (Å²) in [6.45, 7) is 0.867. The van der Waals surface area contributed by atoms with Crippen molar-refractivity contribution in [1.29, 1.82) is 0 Å². The lowest BCUT2D eigenvalue weighted by molar-refractivity contribution is 0.104. The van der Waals surface area contributed by atoms with Crippen molar-refractivity contribution in [3.63, 3.8) is 0 Å². The van der Waals surface area contributed by atoms with E-state index in [9.17, 15) is 4.79 Å². The van der Waals surface area contributed by atoms with Gasteiger partial charge in [0.15, 0.2) is 0 Å². The molecular weight excluding hydrogens is 374 g/mol. The number of benzene rings is 2. The standard InChI is InChI=1S/C25H27N3O2/c29-25(27-24-11-5-4-10-23(24)18-7-2-1-3-8-18)26-19-15-20-12-13-21(16-19)28(20)17-22-9-6-14-30-22/h1-11,14,19-21H,12-13,15-17H2,(H2,26,27,29)/t20-,21-/m0/s1. The Labute approximate surface area is 177 Å². The first kappa shape index (κ1) is 18.9. The van der Waals surface area contributed by atoms with E-state index in [1.807, 2.05) is 54.6 Å². The maximum atomic E-state index is 12.8. The molecule has 2 aliphatic rings. The second-order valence-electron chi connectivity index (χ2n) is 8.32. The summed E-state index contributed by atoms with van der Waals surface area (Å²) in [6, 6.07) is 23.2. The molecule has 2 atom stereocenters. The summed E-state index contributed by atoms with van der Waals surface area (Å²) in [7, 11) is 0. The number of anilines is 1. The summed E-state index contributed by atoms with van der Waals surface area (Å²) < 4.78 is 5.54. The van der Waals surface area contributed by atoms with E-state index in [-0.39, 0.29) is 12.1 Å². The summed E-state index contributed by atoms with van der Waals surface area (Å²) in [4.78, 5) is 15.3. The first-order valence-electron chi connectivity index (χ1n) is 10.8. The molecule has 2 bridgehead atoms. The monoisotopic (exact) mass is 401 g/mol. The predicted octanol–water partition coefficient (Wildman–Crippen LogP) is 5.26. The van der Waals surface area contributed by atoms with E-state index in [1.54, 1.807) is 6.26 Å². The Balaban J connectivity index is 1.22. The second kappa shape index (κ2) is 8.36. The van der Waals surface area contributed by atoms with Crippen LogP contribution in [0.4, 0.5) is 10.5 Å². The van der Waals surface area contributed by atoms with Crippen molar-refractivity contribution in [2.24, 2.45) is 0 Å². The van der Waals surface area contributed by atoms with Crippen molar-refractivity contribution >= 4 is 11.7 Å². The largest absolute Gasteiger partial charge is 0.468 e. The van der Waals surface area contributed by atoms with Crippen LogP contribution in [-0.2, 0) is 6.54 Å². The number of hydrogen-bond acceptors (Lipinski definition) is 3. The number of piperidine rings is 1. The van der Waals surface area contributed by atoms with E-state index in [4.69, 9.17) is 4.42 Å². The van der Waals surface area contributed by atoms with Crippen LogP contribution < -0.4 is 10.6 Å². The molecule has 0 unspecified atom stereocenters. The molecule has 2 saturated heterocycles. The zero-order valence-electron chi connectivity index (χ0n) is 17.0. The van der Waals surface area contributed by atoms with E-state index < -0.39 is 0 Å². The zero-order valence-corrected chi connectivity index (χ0v) is 17.0. The molecule has 154 valence electrons. The molecule has 2 aliphatic heterocycles. The average Bonchev–Trinajstić information content (AvgIpc) is 3.35. The lowest BCUT2D eigenvalue weighted by Crippen LogP contribution is -2.50. The van der Waals surface area contributed by atoms with Gasteiger partial charge in [-0.2, -0.15) is 0 Å². The first-order chi connectivity index (χ1) is 14.8. The fourth-order valence-corrected chi connectivity index (χ4v) is 5.04. The van der Waals surface area contributed by atoms with Crippen LogP contribution in [0.3, 0.4) is 0 Å². The normalized spacial score (nSPS) is 23.3. The van der Waals surface area contributed by atoms with Crippen LogP contribution in [0.1, 0.15) is 31.4 Å². The Morgan fingerprint density at radius 1 is 0.933 bits per heavy atom. The highest BCUT2D eigenvalue weighted by Crippen LogP contribution is 2.37. The lowest BCUT2D eigenvalue weighted by Gasteiger charge is -2.38. The van der Waals surface area contributed by atoms with Gasteiger partial charge in [0.25, 0.3) is 0 Å². The topological polar surface area (TPSA) is 57.5 Å². The molecule has 0 spiro atoms. The minimum Gasteiger partial charge on any atom is -0.468 e. The van der Waals surface area contributed by atoms with Gasteiger partial charge in [-0.15, -0.1) is 0 Å². The van der Waals surface area contributed by atoms with Crippen molar-refractivity contribution in [2.45, 2.75) is 50.4 Å². The predicted molar refractivity (Wildman–Crippen MR) is 118 cm³/mol. The molecule has 2 aromatic carbocycles. The molecule has 1 aromatic heterocycles. The molecule has 3 aromatic rings. The Morgan fingerprint density at radius 2 is 1.67 bits per heavy atom. The molecule has 5 rings (SSSR count). The van der Waals surface area contributed by atoms with Crippen molar-refractivity contribution in [3.05, 3.63) is 78.8 Å².